The number of hydrogen-bond acceptors (Lipinski definition) is 8. The molecule has 2 amide bonds. The molecule has 0 radical (unpaired) electrons. The van der Waals surface area contributed by atoms with Crippen LogP contribution in [0.5, 0.6) is 5.75 Å². The van der Waals surface area contributed by atoms with Crippen molar-refractivity contribution in [3.8, 4) is 5.75 Å². The zero-order valence-electron chi connectivity index (χ0n) is 21.8. The highest BCUT2D eigenvalue weighted by Gasteiger charge is 2.35. The fraction of sp³-hybridized carbons (Fsp3) is 0.440. The fourth-order valence-electron chi connectivity index (χ4n) is 3.82. The summed E-state index contributed by atoms with van der Waals surface area (Å²) in [4.78, 5) is 23.4. The molecule has 39 heavy (non-hydrogen) atoms. The van der Waals surface area contributed by atoms with Crippen molar-refractivity contribution in [2.75, 3.05) is 26.2 Å². The van der Waals surface area contributed by atoms with Crippen LogP contribution in [0.1, 0.15) is 33.6 Å². The molecule has 1 aliphatic rings. The lowest BCUT2D eigenvalue weighted by molar-refractivity contribution is -0.135. The van der Waals surface area contributed by atoms with Crippen molar-refractivity contribution in [2.24, 2.45) is 0 Å². The summed E-state index contributed by atoms with van der Waals surface area (Å²) in [6.45, 7) is 4.52. The van der Waals surface area contributed by atoms with Gasteiger partial charge in [0.2, 0.25) is 15.9 Å². The van der Waals surface area contributed by atoms with E-state index in [4.69, 9.17) is 8.92 Å². The highest BCUT2D eigenvalue weighted by Crippen LogP contribution is 2.24. The van der Waals surface area contributed by atoms with E-state index >= 15 is 0 Å². The van der Waals surface area contributed by atoms with Crippen molar-refractivity contribution in [1.82, 2.24) is 14.9 Å². The van der Waals surface area contributed by atoms with Crippen molar-refractivity contribution >= 4 is 32.0 Å². The highest BCUT2D eigenvalue weighted by molar-refractivity contribution is 7.89. The minimum Gasteiger partial charge on any atom is -0.478 e. The van der Waals surface area contributed by atoms with Crippen molar-refractivity contribution in [1.29, 1.82) is 0 Å². The summed E-state index contributed by atoms with van der Waals surface area (Å²) in [6, 6.07) is 9.74. The largest absolute Gasteiger partial charge is 0.478 e. The molecule has 11 nitrogen and oxygen atoms in total. The fourth-order valence-corrected chi connectivity index (χ4v) is 6.20. The lowest BCUT2D eigenvalue weighted by Gasteiger charge is -2.34. The molecular formula is C25H32FN3O8S2. The first-order valence-electron chi connectivity index (χ1n) is 12.2. The number of rotatable bonds is 11. The van der Waals surface area contributed by atoms with Crippen LogP contribution in [0.3, 0.4) is 0 Å². The van der Waals surface area contributed by atoms with E-state index in [9.17, 15) is 30.8 Å². The van der Waals surface area contributed by atoms with Gasteiger partial charge in [-0.25, -0.2) is 12.8 Å². The van der Waals surface area contributed by atoms with Crippen LogP contribution >= 0.6 is 0 Å². The van der Waals surface area contributed by atoms with Crippen LogP contribution in [0.4, 0.5) is 4.39 Å². The number of carbonyl (C=O) groups is 2. The predicted molar refractivity (Wildman–Crippen MR) is 139 cm³/mol. The third-order valence-corrected chi connectivity index (χ3v) is 9.23. The van der Waals surface area contributed by atoms with Gasteiger partial charge >= 0.3 is 0 Å². The van der Waals surface area contributed by atoms with Gasteiger partial charge in [-0.3, -0.25) is 13.8 Å². The Bertz CT molecular complexity index is 1370. The summed E-state index contributed by atoms with van der Waals surface area (Å²) in [6.07, 6.45) is 0.735. The average molecular weight is 586 g/mol. The number of ether oxygens (including phenoxy) is 1. The lowest BCUT2D eigenvalue weighted by atomic mass is 10.0. The molecule has 1 fully saturated rings. The molecular weight excluding hydrogens is 553 g/mol. The smallest absolute Gasteiger partial charge is 0.297 e. The van der Waals surface area contributed by atoms with E-state index in [1.54, 1.807) is 13.8 Å². The molecule has 2 aromatic carbocycles. The SMILES string of the molecule is CC(=O)NCCOS(=O)(=O)c1ccc(S(=O)(=O)N2CCC(NC(=O)C(C)(C)Oc3ccc(F)cc3)CC2)cc1. The number of piperidine rings is 1. The zero-order valence-corrected chi connectivity index (χ0v) is 23.5. The van der Waals surface area contributed by atoms with E-state index in [0.717, 1.165) is 12.1 Å². The standard InChI is InChI=1S/C25H32FN3O8S2/c1-18(30)27-14-17-36-39(34,35)23-10-8-22(9-11-23)38(32,33)29-15-12-20(13-16-29)28-24(31)25(2,3)37-21-6-4-19(26)5-7-21/h4-11,20H,12-17H2,1-3H3,(H,27,30)(H,28,31). The van der Waals surface area contributed by atoms with Gasteiger partial charge < -0.3 is 15.4 Å². The maximum atomic E-state index is 13.1. The van der Waals surface area contributed by atoms with Gasteiger partial charge in [0.25, 0.3) is 16.0 Å². The van der Waals surface area contributed by atoms with Crippen LogP contribution < -0.4 is 15.4 Å². The van der Waals surface area contributed by atoms with E-state index < -0.39 is 31.6 Å². The monoisotopic (exact) mass is 585 g/mol. The number of sulfonamides is 1. The Balaban J connectivity index is 1.54. The summed E-state index contributed by atoms with van der Waals surface area (Å²) in [5, 5.41) is 5.30. The molecule has 1 aliphatic heterocycles. The molecule has 0 aliphatic carbocycles. The second-order valence-corrected chi connectivity index (χ2v) is 13.0. The van der Waals surface area contributed by atoms with E-state index in [0.29, 0.717) is 18.6 Å². The number of hydrogen-bond donors (Lipinski definition) is 2. The summed E-state index contributed by atoms with van der Waals surface area (Å²) in [7, 11) is -8.02. The summed E-state index contributed by atoms with van der Waals surface area (Å²) < 4.78 is 75.8. The highest BCUT2D eigenvalue weighted by atomic mass is 32.2. The molecule has 3 rings (SSSR count). The number of amides is 2. The molecule has 1 saturated heterocycles. The van der Waals surface area contributed by atoms with Crippen LogP contribution in [-0.2, 0) is 33.9 Å². The molecule has 0 bridgehead atoms. The Kier molecular flexibility index (Phi) is 9.69. The van der Waals surface area contributed by atoms with Crippen molar-refractivity contribution < 1.29 is 39.7 Å². The van der Waals surface area contributed by atoms with Crippen molar-refractivity contribution in [2.45, 2.75) is 55.0 Å². The van der Waals surface area contributed by atoms with Gasteiger partial charge in [0.15, 0.2) is 5.60 Å². The molecule has 0 spiro atoms. The van der Waals surface area contributed by atoms with Crippen LogP contribution in [0, 0.1) is 5.82 Å². The summed E-state index contributed by atoms with van der Waals surface area (Å²) in [5.41, 5.74) is -1.24. The molecule has 0 saturated carbocycles. The predicted octanol–water partition coefficient (Wildman–Crippen LogP) is 1.79. The normalized spacial score (nSPS) is 15.5. The molecule has 0 atom stereocenters. The van der Waals surface area contributed by atoms with Crippen molar-refractivity contribution in [3.63, 3.8) is 0 Å². The first kappa shape index (κ1) is 30.5. The molecule has 14 heteroatoms. The molecule has 2 N–H and O–H groups in total. The average Bonchev–Trinajstić information content (AvgIpc) is 2.88. The summed E-state index contributed by atoms with van der Waals surface area (Å²) in [5.74, 6) is -0.787. The molecule has 2 aromatic rings. The van der Waals surface area contributed by atoms with E-state index in [2.05, 4.69) is 10.6 Å². The molecule has 0 aromatic heterocycles. The van der Waals surface area contributed by atoms with Gasteiger partial charge in [0, 0.05) is 32.6 Å². The van der Waals surface area contributed by atoms with Gasteiger partial charge in [-0.2, -0.15) is 12.7 Å². The van der Waals surface area contributed by atoms with E-state index in [-0.39, 0.29) is 53.9 Å². The maximum absolute atomic E-state index is 13.1. The molecule has 0 unspecified atom stereocenters. The maximum Gasteiger partial charge on any atom is 0.297 e. The Hall–Kier alpha value is -3.07. The van der Waals surface area contributed by atoms with Crippen LogP contribution in [0.25, 0.3) is 0 Å². The van der Waals surface area contributed by atoms with Crippen molar-refractivity contribution in [3.05, 3.63) is 54.3 Å². The third kappa shape index (κ3) is 8.21. The Morgan fingerprint density at radius 2 is 1.54 bits per heavy atom. The number of carbonyl (C=O) groups excluding carboxylic acids is 2. The first-order chi connectivity index (χ1) is 18.2. The van der Waals surface area contributed by atoms with Gasteiger partial charge in [-0.05, 0) is 75.2 Å². The Labute approximate surface area is 227 Å². The third-order valence-electron chi connectivity index (χ3n) is 5.99. The topological polar surface area (TPSA) is 148 Å². The number of nitrogens with one attached hydrogen (secondary N) is 2. The van der Waals surface area contributed by atoms with Gasteiger partial charge in [-0.1, -0.05) is 0 Å². The van der Waals surface area contributed by atoms with Gasteiger partial charge in [0.05, 0.1) is 16.4 Å². The quantitative estimate of drug-likeness (QED) is 0.300. The number of halogens is 1. The van der Waals surface area contributed by atoms with E-state index in [1.165, 1.54) is 47.6 Å². The van der Waals surface area contributed by atoms with Gasteiger partial charge in [0.1, 0.15) is 11.6 Å². The number of benzene rings is 2. The van der Waals surface area contributed by atoms with E-state index in [1.807, 2.05) is 0 Å². The minimum atomic E-state index is -4.13. The second-order valence-electron chi connectivity index (χ2n) is 9.45. The Morgan fingerprint density at radius 3 is 2.10 bits per heavy atom. The first-order valence-corrected chi connectivity index (χ1v) is 15.1. The molecule has 1 heterocycles. The molecule has 214 valence electrons. The summed E-state index contributed by atoms with van der Waals surface area (Å²) >= 11 is 0. The van der Waals surface area contributed by atoms with Crippen LogP contribution in [0.15, 0.2) is 58.3 Å². The van der Waals surface area contributed by atoms with Crippen LogP contribution in [0.2, 0.25) is 0 Å². The number of nitrogens with zero attached hydrogens (tertiary/aromatic N) is 1. The van der Waals surface area contributed by atoms with Gasteiger partial charge in [-0.15, -0.1) is 0 Å². The zero-order chi connectivity index (χ0) is 28.8. The van der Waals surface area contributed by atoms with Crippen LogP contribution in [-0.4, -0.2) is 70.8 Å². The lowest BCUT2D eigenvalue weighted by Crippen LogP contribution is -2.53. The minimum absolute atomic E-state index is 0.0101. The Morgan fingerprint density at radius 1 is 0.974 bits per heavy atom. The second kappa shape index (κ2) is 12.4.